The quantitative estimate of drug-likeness (QED) is 0.556. The number of benzene rings is 1. The highest BCUT2D eigenvalue weighted by Crippen LogP contribution is 2.22. The van der Waals surface area contributed by atoms with Gasteiger partial charge >= 0.3 is 5.97 Å². The van der Waals surface area contributed by atoms with Gasteiger partial charge in [0.15, 0.2) is 10.5 Å². The summed E-state index contributed by atoms with van der Waals surface area (Å²) in [5.41, 5.74) is 1.08. The Morgan fingerprint density at radius 2 is 2.11 bits per heavy atom. The third-order valence-electron chi connectivity index (χ3n) is 3.79. The van der Waals surface area contributed by atoms with Crippen LogP contribution >= 0.6 is 27.3 Å². The standard InChI is InChI=1S/C18H19BrN4O3S/c1-4-26-16(24)10-22-14-6-5-12(19)9-15(14)27-18(22)20-17(25)13-7-8-23(21-13)11(2)3/h5-9,11H,4,10H2,1-3H3. The predicted octanol–water partition coefficient (Wildman–Crippen LogP) is 3.55. The lowest BCUT2D eigenvalue weighted by Gasteiger charge is -2.05. The molecule has 7 nitrogen and oxygen atoms in total. The number of carbonyl (C=O) groups is 2. The van der Waals surface area contributed by atoms with Gasteiger partial charge in [0.1, 0.15) is 6.54 Å². The van der Waals surface area contributed by atoms with Crippen LogP contribution in [0.1, 0.15) is 37.3 Å². The summed E-state index contributed by atoms with van der Waals surface area (Å²) in [6.07, 6.45) is 1.75. The lowest BCUT2D eigenvalue weighted by atomic mass is 10.3. The minimum Gasteiger partial charge on any atom is -0.465 e. The third kappa shape index (κ3) is 4.36. The highest BCUT2D eigenvalue weighted by molar-refractivity contribution is 9.10. The summed E-state index contributed by atoms with van der Waals surface area (Å²) in [6.45, 7) is 6.00. The molecule has 1 amide bonds. The normalized spacial score (nSPS) is 12.1. The van der Waals surface area contributed by atoms with Crippen LogP contribution in [0.4, 0.5) is 0 Å². The zero-order valence-electron chi connectivity index (χ0n) is 15.2. The summed E-state index contributed by atoms with van der Waals surface area (Å²) in [7, 11) is 0. The summed E-state index contributed by atoms with van der Waals surface area (Å²) in [4.78, 5) is 29.3. The molecule has 0 atom stereocenters. The number of nitrogens with zero attached hydrogens (tertiary/aromatic N) is 4. The fraction of sp³-hybridized carbons (Fsp3) is 0.333. The van der Waals surface area contributed by atoms with E-state index >= 15 is 0 Å². The molecule has 0 spiro atoms. The van der Waals surface area contributed by atoms with Crippen LogP contribution in [-0.2, 0) is 16.1 Å². The average Bonchev–Trinajstić information content (AvgIpc) is 3.21. The molecule has 0 fully saturated rings. The zero-order valence-corrected chi connectivity index (χ0v) is 17.6. The first-order valence-electron chi connectivity index (χ1n) is 8.47. The molecule has 0 aliphatic heterocycles. The molecule has 0 aliphatic carbocycles. The van der Waals surface area contributed by atoms with Crippen molar-refractivity contribution in [3.05, 3.63) is 45.4 Å². The molecular formula is C18H19BrN4O3S. The summed E-state index contributed by atoms with van der Waals surface area (Å²) >= 11 is 4.78. The predicted molar refractivity (Wildman–Crippen MR) is 107 cm³/mol. The molecule has 142 valence electrons. The summed E-state index contributed by atoms with van der Waals surface area (Å²) < 4.78 is 10.3. The maximum atomic E-state index is 12.6. The maximum absolute atomic E-state index is 12.6. The van der Waals surface area contributed by atoms with Crippen LogP contribution < -0.4 is 4.80 Å². The molecule has 0 bridgehead atoms. The van der Waals surface area contributed by atoms with Crippen molar-refractivity contribution in [2.45, 2.75) is 33.4 Å². The number of carbonyl (C=O) groups excluding carboxylic acids is 2. The van der Waals surface area contributed by atoms with E-state index in [1.165, 1.54) is 11.3 Å². The molecule has 0 N–H and O–H groups in total. The molecule has 0 saturated heterocycles. The molecular weight excluding hydrogens is 432 g/mol. The van der Waals surface area contributed by atoms with Gasteiger partial charge in [-0.3, -0.25) is 14.3 Å². The van der Waals surface area contributed by atoms with Crippen LogP contribution in [0, 0.1) is 0 Å². The number of amides is 1. The second kappa shape index (κ2) is 8.18. The van der Waals surface area contributed by atoms with Crippen molar-refractivity contribution in [3.8, 4) is 0 Å². The fourth-order valence-electron chi connectivity index (χ4n) is 2.50. The van der Waals surface area contributed by atoms with Crippen molar-refractivity contribution in [2.24, 2.45) is 4.99 Å². The number of rotatable bonds is 5. The van der Waals surface area contributed by atoms with Crippen LogP contribution in [0.25, 0.3) is 10.2 Å². The van der Waals surface area contributed by atoms with Gasteiger partial charge < -0.3 is 9.30 Å². The molecule has 2 aromatic heterocycles. The van der Waals surface area contributed by atoms with Crippen LogP contribution in [0.5, 0.6) is 0 Å². The second-order valence-corrected chi connectivity index (χ2v) is 8.00. The van der Waals surface area contributed by atoms with Gasteiger partial charge in [0.05, 0.1) is 16.8 Å². The smallest absolute Gasteiger partial charge is 0.326 e. The Morgan fingerprint density at radius 1 is 1.33 bits per heavy atom. The van der Waals surface area contributed by atoms with Crippen LogP contribution in [0.3, 0.4) is 0 Å². The van der Waals surface area contributed by atoms with Gasteiger partial charge in [-0.2, -0.15) is 10.1 Å². The van der Waals surface area contributed by atoms with Crippen LogP contribution in [0.15, 0.2) is 39.9 Å². The van der Waals surface area contributed by atoms with E-state index in [1.54, 1.807) is 28.4 Å². The van der Waals surface area contributed by atoms with Gasteiger partial charge in [0, 0.05) is 16.7 Å². The summed E-state index contributed by atoms with van der Waals surface area (Å²) in [6, 6.07) is 7.49. The zero-order chi connectivity index (χ0) is 19.6. The van der Waals surface area contributed by atoms with Gasteiger partial charge in [-0.1, -0.05) is 27.3 Å². The molecule has 3 rings (SSSR count). The third-order valence-corrected chi connectivity index (χ3v) is 5.33. The second-order valence-electron chi connectivity index (χ2n) is 6.08. The highest BCUT2D eigenvalue weighted by atomic mass is 79.9. The Hall–Kier alpha value is -2.26. The van der Waals surface area contributed by atoms with E-state index < -0.39 is 5.91 Å². The maximum Gasteiger partial charge on any atom is 0.326 e. The SMILES string of the molecule is CCOC(=O)Cn1c(=NC(=O)c2ccn(C(C)C)n2)sc2cc(Br)ccc21. The topological polar surface area (TPSA) is 78.5 Å². The van der Waals surface area contributed by atoms with Gasteiger partial charge in [-0.25, -0.2) is 0 Å². The Kier molecular flexibility index (Phi) is 5.91. The average molecular weight is 451 g/mol. The molecule has 0 unspecified atom stereocenters. The molecule has 2 heterocycles. The molecule has 1 aromatic carbocycles. The first-order chi connectivity index (χ1) is 12.9. The fourth-order valence-corrected chi connectivity index (χ4v) is 4.08. The molecule has 27 heavy (non-hydrogen) atoms. The monoisotopic (exact) mass is 450 g/mol. The molecule has 0 saturated carbocycles. The van der Waals surface area contributed by atoms with Crippen molar-refractivity contribution >= 4 is 49.4 Å². The number of esters is 1. The molecule has 3 aromatic rings. The minimum atomic E-state index is -0.447. The van der Waals surface area contributed by atoms with E-state index in [-0.39, 0.29) is 24.2 Å². The highest BCUT2D eigenvalue weighted by Gasteiger charge is 2.14. The lowest BCUT2D eigenvalue weighted by molar-refractivity contribution is -0.143. The number of hydrogen-bond acceptors (Lipinski definition) is 5. The Morgan fingerprint density at radius 3 is 2.78 bits per heavy atom. The van der Waals surface area contributed by atoms with Crippen LogP contribution in [-0.4, -0.2) is 32.8 Å². The van der Waals surface area contributed by atoms with E-state index in [4.69, 9.17) is 4.74 Å². The first-order valence-corrected chi connectivity index (χ1v) is 10.1. The van der Waals surface area contributed by atoms with Crippen molar-refractivity contribution in [2.75, 3.05) is 6.61 Å². The number of ether oxygens (including phenoxy) is 1. The summed E-state index contributed by atoms with van der Waals surface area (Å²) in [5.74, 6) is -0.823. The van der Waals surface area contributed by atoms with Gasteiger partial charge in [-0.05, 0) is 45.0 Å². The molecule has 0 radical (unpaired) electrons. The number of thiazole rings is 1. The number of fused-ring (bicyclic) bond motifs is 1. The lowest BCUT2D eigenvalue weighted by Crippen LogP contribution is -2.23. The minimum absolute atomic E-state index is 0.0119. The molecule has 9 heteroatoms. The Balaban J connectivity index is 2.06. The van der Waals surface area contributed by atoms with E-state index in [0.29, 0.717) is 11.4 Å². The van der Waals surface area contributed by atoms with Crippen LogP contribution in [0.2, 0.25) is 0 Å². The van der Waals surface area contributed by atoms with Crippen molar-refractivity contribution in [1.82, 2.24) is 14.3 Å². The van der Waals surface area contributed by atoms with E-state index in [9.17, 15) is 9.59 Å². The Bertz CT molecular complexity index is 1060. The summed E-state index contributed by atoms with van der Waals surface area (Å²) in [5, 5.41) is 4.26. The largest absolute Gasteiger partial charge is 0.465 e. The van der Waals surface area contributed by atoms with Crippen molar-refractivity contribution in [1.29, 1.82) is 0 Å². The van der Waals surface area contributed by atoms with Gasteiger partial charge in [0.25, 0.3) is 5.91 Å². The number of hydrogen-bond donors (Lipinski definition) is 0. The number of aromatic nitrogens is 3. The molecule has 0 aliphatic rings. The van der Waals surface area contributed by atoms with E-state index in [2.05, 4.69) is 26.0 Å². The first kappa shape index (κ1) is 19.5. The van der Waals surface area contributed by atoms with Gasteiger partial charge in [-0.15, -0.1) is 0 Å². The van der Waals surface area contributed by atoms with Crippen molar-refractivity contribution in [3.63, 3.8) is 0 Å². The van der Waals surface area contributed by atoms with E-state index in [0.717, 1.165) is 14.7 Å². The van der Waals surface area contributed by atoms with Gasteiger partial charge in [0.2, 0.25) is 0 Å². The number of halogens is 1. The van der Waals surface area contributed by atoms with E-state index in [1.807, 2.05) is 32.0 Å². The van der Waals surface area contributed by atoms with Crippen molar-refractivity contribution < 1.29 is 14.3 Å². The Labute approximate surface area is 168 Å².